The first kappa shape index (κ1) is 14.3. The summed E-state index contributed by atoms with van der Waals surface area (Å²) in [6, 6.07) is 8.44. The van der Waals surface area contributed by atoms with Gasteiger partial charge >= 0.3 is 0 Å². The number of hydrogen-bond donors (Lipinski definition) is 2. The van der Waals surface area contributed by atoms with Crippen LogP contribution in [0.25, 0.3) is 0 Å². The van der Waals surface area contributed by atoms with Gasteiger partial charge in [0.15, 0.2) is 0 Å². The first-order valence-corrected chi connectivity index (χ1v) is 7.02. The molecule has 0 aliphatic carbocycles. The topological polar surface area (TPSA) is 41.5 Å². The molecule has 1 aliphatic heterocycles. The maximum Gasteiger partial charge on any atom is 0.0689 e. The Bertz CT molecular complexity index is 411. The van der Waals surface area contributed by atoms with Crippen molar-refractivity contribution in [2.24, 2.45) is 0 Å². The van der Waals surface area contributed by atoms with E-state index >= 15 is 0 Å². The Morgan fingerprint density at radius 1 is 1.32 bits per heavy atom. The number of aryl methyl sites for hydroxylation is 1. The highest BCUT2D eigenvalue weighted by Gasteiger charge is 2.11. The van der Waals surface area contributed by atoms with Crippen molar-refractivity contribution in [1.29, 1.82) is 0 Å². The van der Waals surface area contributed by atoms with Crippen molar-refractivity contribution in [2.75, 3.05) is 26.4 Å². The molecule has 19 heavy (non-hydrogen) atoms. The van der Waals surface area contributed by atoms with E-state index in [1.165, 1.54) is 11.1 Å². The van der Waals surface area contributed by atoms with Crippen LogP contribution in [0.2, 0.25) is 0 Å². The van der Waals surface area contributed by atoms with Crippen molar-refractivity contribution < 1.29 is 9.84 Å². The summed E-state index contributed by atoms with van der Waals surface area (Å²) in [6.45, 7) is 4.57. The lowest BCUT2D eigenvalue weighted by Gasteiger charge is -2.20. The minimum absolute atomic E-state index is 0.00580. The number of nitrogens with one attached hydrogen (secondary N) is 1. The molecule has 104 valence electrons. The number of rotatable bonds is 6. The Hall–Kier alpha value is -1.16. The molecule has 0 aromatic heterocycles. The molecule has 2 N–H and O–H groups in total. The molecular formula is C16H23NO2. The Morgan fingerprint density at radius 2 is 2.11 bits per heavy atom. The summed E-state index contributed by atoms with van der Waals surface area (Å²) < 4.78 is 5.41. The van der Waals surface area contributed by atoms with Crippen molar-refractivity contribution in [3.63, 3.8) is 0 Å². The number of ether oxygens (including phenoxy) is 1. The van der Waals surface area contributed by atoms with E-state index in [4.69, 9.17) is 4.74 Å². The van der Waals surface area contributed by atoms with Crippen LogP contribution in [0, 0.1) is 0 Å². The van der Waals surface area contributed by atoms with Crippen LogP contribution in [-0.2, 0) is 11.2 Å². The van der Waals surface area contributed by atoms with E-state index in [9.17, 15) is 5.11 Å². The van der Waals surface area contributed by atoms with Crippen molar-refractivity contribution in [2.45, 2.75) is 25.8 Å². The third-order valence-electron chi connectivity index (χ3n) is 3.53. The summed E-state index contributed by atoms with van der Waals surface area (Å²) >= 11 is 0. The van der Waals surface area contributed by atoms with Crippen LogP contribution in [0.3, 0.4) is 0 Å². The van der Waals surface area contributed by atoms with Gasteiger partial charge in [-0.15, -0.1) is 0 Å². The number of aliphatic hydroxyl groups is 1. The molecule has 2 rings (SSSR count). The van der Waals surface area contributed by atoms with Gasteiger partial charge in [-0.2, -0.15) is 0 Å². The van der Waals surface area contributed by atoms with Crippen LogP contribution in [0.4, 0.5) is 0 Å². The molecule has 0 bridgehead atoms. The van der Waals surface area contributed by atoms with Crippen LogP contribution in [0.15, 0.2) is 35.9 Å². The third-order valence-corrected chi connectivity index (χ3v) is 3.53. The van der Waals surface area contributed by atoms with E-state index < -0.39 is 0 Å². The average molecular weight is 261 g/mol. The minimum Gasteiger partial charge on any atom is -0.394 e. The minimum atomic E-state index is -0.00580. The highest BCUT2D eigenvalue weighted by atomic mass is 16.5. The molecule has 1 heterocycles. The molecule has 1 unspecified atom stereocenters. The van der Waals surface area contributed by atoms with Crippen LogP contribution in [-0.4, -0.2) is 31.5 Å². The second-order valence-corrected chi connectivity index (χ2v) is 4.91. The highest BCUT2D eigenvalue weighted by molar-refractivity contribution is 5.25. The monoisotopic (exact) mass is 261 g/mol. The van der Waals surface area contributed by atoms with Crippen molar-refractivity contribution in [3.8, 4) is 0 Å². The number of benzene rings is 1. The molecular weight excluding hydrogens is 238 g/mol. The summed E-state index contributed by atoms with van der Waals surface area (Å²) in [4.78, 5) is 0. The van der Waals surface area contributed by atoms with Gasteiger partial charge in [-0.1, -0.05) is 37.3 Å². The van der Waals surface area contributed by atoms with E-state index in [1.54, 1.807) is 0 Å². The smallest absolute Gasteiger partial charge is 0.0689 e. The first-order valence-electron chi connectivity index (χ1n) is 7.02. The number of hydrogen-bond acceptors (Lipinski definition) is 3. The lowest BCUT2D eigenvalue weighted by atomic mass is 10.0. The quantitative estimate of drug-likeness (QED) is 0.772. The molecule has 1 aliphatic rings. The molecule has 3 nitrogen and oxygen atoms in total. The van der Waals surface area contributed by atoms with Crippen molar-refractivity contribution >= 4 is 0 Å². The first-order chi connectivity index (χ1) is 9.33. The van der Waals surface area contributed by atoms with Gasteiger partial charge in [-0.05, 0) is 29.5 Å². The molecule has 0 radical (unpaired) electrons. The summed E-state index contributed by atoms with van der Waals surface area (Å²) in [5, 5.41) is 12.9. The predicted octanol–water partition coefficient (Wildman–Crippen LogP) is 2.22. The molecule has 3 heteroatoms. The van der Waals surface area contributed by atoms with Gasteiger partial charge in [0, 0.05) is 6.54 Å². The normalized spacial score (nSPS) is 17.1. The number of aliphatic hydroxyl groups excluding tert-OH is 1. The summed E-state index contributed by atoms with van der Waals surface area (Å²) in [6.07, 6.45) is 4.26. The van der Waals surface area contributed by atoms with Crippen LogP contribution < -0.4 is 5.32 Å². The SMILES string of the molecule is CCc1ccc(C(CO)NCC2=CCCOC2)cc1. The zero-order chi connectivity index (χ0) is 13.5. The van der Waals surface area contributed by atoms with Gasteiger partial charge in [-0.3, -0.25) is 0 Å². The van der Waals surface area contributed by atoms with Crippen molar-refractivity contribution in [3.05, 3.63) is 47.0 Å². The maximum absolute atomic E-state index is 9.52. The van der Waals surface area contributed by atoms with Gasteiger partial charge < -0.3 is 15.2 Å². The zero-order valence-corrected chi connectivity index (χ0v) is 11.6. The molecule has 1 aromatic rings. The van der Waals surface area contributed by atoms with Gasteiger partial charge in [-0.25, -0.2) is 0 Å². The van der Waals surface area contributed by atoms with E-state index in [0.717, 1.165) is 31.6 Å². The second kappa shape index (κ2) is 7.43. The molecule has 1 aromatic carbocycles. The van der Waals surface area contributed by atoms with E-state index in [-0.39, 0.29) is 12.6 Å². The molecule has 1 atom stereocenters. The van der Waals surface area contributed by atoms with Gasteiger partial charge in [0.1, 0.15) is 0 Å². The fraction of sp³-hybridized carbons (Fsp3) is 0.500. The molecule has 0 amide bonds. The Morgan fingerprint density at radius 3 is 2.68 bits per heavy atom. The molecule has 0 saturated carbocycles. The van der Waals surface area contributed by atoms with Gasteiger partial charge in [0.2, 0.25) is 0 Å². The average Bonchev–Trinajstić information content (AvgIpc) is 2.49. The molecule has 0 fully saturated rings. The maximum atomic E-state index is 9.52. The lowest BCUT2D eigenvalue weighted by molar-refractivity contribution is 0.147. The Kier molecular flexibility index (Phi) is 5.58. The molecule has 0 saturated heterocycles. The van der Waals surface area contributed by atoms with Crippen LogP contribution >= 0.6 is 0 Å². The Labute approximate surface area is 115 Å². The highest BCUT2D eigenvalue weighted by Crippen LogP contribution is 2.15. The second-order valence-electron chi connectivity index (χ2n) is 4.91. The van der Waals surface area contributed by atoms with Gasteiger partial charge in [0.25, 0.3) is 0 Å². The standard InChI is InChI=1S/C16H23NO2/c1-2-13-5-7-15(8-6-13)16(11-18)17-10-14-4-3-9-19-12-14/h4-8,16-18H,2-3,9-12H2,1H3. The zero-order valence-electron chi connectivity index (χ0n) is 11.6. The lowest BCUT2D eigenvalue weighted by Crippen LogP contribution is -2.28. The third kappa shape index (κ3) is 4.16. The van der Waals surface area contributed by atoms with E-state index in [0.29, 0.717) is 6.61 Å². The predicted molar refractivity (Wildman–Crippen MR) is 77.2 cm³/mol. The summed E-state index contributed by atoms with van der Waals surface area (Å²) in [5.41, 5.74) is 3.73. The van der Waals surface area contributed by atoms with E-state index in [1.807, 2.05) is 0 Å². The van der Waals surface area contributed by atoms with Gasteiger partial charge in [0.05, 0.1) is 25.9 Å². The van der Waals surface area contributed by atoms with Crippen LogP contribution in [0.1, 0.15) is 30.5 Å². The summed E-state index contributed by atoms with van der Waals surface area (Å²) in [5.74, 6) is 0. The van der Waals surface area contributed by atoms with E-state index in [2.05, 4.69) is 42.6 Å². The summed E-state index contributed by atoms with van der Waals surface area (Å²) in [7, 11) is 0. The fourth-order valence-corrected chi connectivity index (χ4v) is 2.26. The fourth-order valence-electron chi connectivity index (χ4n) is 2.26. The Balaban J connectivity index is 1.93. The molecule has 0 spiro atoms. The van der Waals surface area contributed by atoms with Crippen LogP contribution in [0.5, 0.6) is 0 Å². The largest absolute Gasteiger partial charge is 0.394 e. The van der Waals surface area contributed by atoms with Crippen molar-refractivity contribution in [1.82, 2.24) is 5.32 Å².